The molecule has 0 unspecified atom stereocenters. The minimum absolute atomic E-state index is 0.177. The Hall–Kier alpha value is -4.26. The number of aromatic nitrogens is 3. The van der Waals surface area contributed by atoms with Crippen LogP contribution in [0.1, 0.15) is 28.5 Å². The number of aryl methyl sites for hydroxylation is 1. The van der Waals surface area contributed by atoms with Crippen molar-refractivity contribution in [2.24, 2.45) is 0 Å². The summed E-state index contributed by atoms with van der Waals surface area (Å²) in [5.74, 6) is 0.230. The number of amides is 2. The molecule has 0 spiro atoms. The second-order valence-electron chi connectivity index (χ2n) is 7.36. The van der Waals surface area contributed by atoms with Crippen LogP contribution in [0.25, 0.3) is 16.8 Å². The van der Waals surface area contributed by atoms with E-state index in [1.54, 1.807) is 29.2 Å². The van der Waals surface area contributed by atoms with Crippen LogP contribution in [-0.4, -0.2) is 26.6 Å². The lowest BCUT2D eigenvalue weighted by molar-refractivity contribution is -0.114. The molecule has 0 aliphatic carbocycles. The Labute approximate surface area is 186 Å². The SMILES string of the molecule is CC(=O)Nc1c(-c2ccccc2)c(C)nn1-c1ccc(C(=O)NCc2cccnc2)cc1. The van der Waals surface area contributed by atoms with Crippen LogP contribution < -0.4 is 10.6 Å². The molecule has 2 heterocycles. The van der Waals surface area contributed by atoms with E-state index in [9.17, 15) is 9.59 Å². The third-order valence-electron chi connectivity index (χ3n) is 4.97. The predicted molar refractivity (Wildman–Crippen MR) is 123 cm³/mol. The molecule has 0 atom stereocenters. The van der Waals surface area contributed by atoms with Gasteiger partial charge in [0.1, 0.15) is 5.82 Å². The highest BCUT2D eigenvalue weighted by Gasteiger charge is 2.19. The van der Waals surface area contributed by atoms with Gasteiger partial charge in [-0.3, -0.25) is 14.6 Å². The van der Waals surface area contributed by atoms with Crippen LogP contribution in [0.4, 0.5) is 5.82 Å². The lowest BCUT2D eigenvalue weighted by Gasteiger charge is -2.11. The fraction of sp³-hybridized carbons (Fsp3) is 0.120. The topological polar surface area (TPSA) is 88.9 Å². The molecule has 2 N–H and O–H groups in total. The van der Waals surface area contributed by atoms with Gasteiger partial charge < -0.3 is 10.6 Å². The van der Waals surface area contributed by atoms with Crippen molar-refractivity contribution in [2.75, 3.05) is 5.32 Å². The zero-order valence-corrected chi connectivity index (χ0v) is 17.9. The summed E-state index contributed by atoms with van der Waals surface area (Å²) in [6, 6.07) is 20.6. The quantitative estimate of drug-likeness (QED) is 0.486. The number of nitrogens with one attached hydrogen (secondary N) is 2. The molecular formula is C25H23N5O2. The van der Waals surface area contributed by atoms with E-state index in [0.29, 0.717) is 17.9 Å². The third-order valence-corrected chi connectivity index (χ3v) is 4.97. The van der Waals surface area contributed by atoms with Gasteiger partial charge in [0.15, 0.2) is 0 Å². The van der Waals surface area contributed by atoms with Gasteiger partial charge in [-0.2, -0.15) is 5.10 Å². The summed E-state index contributed by atoms with van der Waals surface area (Å²) < 4.78 is 1.69. The molecule has 0 bridgehead atoms. The van der Waals surface area contributed by atoms with Crippen LogP contribution >= 0.6 is 0 Å². The summed E-state index contributed by atoms with van der Waals surface area (Å²) in [5.41, 5.74) is 4.82. The first-order valence-corrected chi connectivity index (χ1v) is 10.2. The molecule has 4 aromatic rings. The van der Waals surface area contributed by atoms with Gasteiger partial charge >= 0.3 is 0 Å². The standard InChI is InChI=1S/C25H23N5O2/c1-17-23(20-8-4-3-5-9-20)24(28-18(2)31)30(29-17)22-12-10-21(11-13-22)25(32)27-16-19-7-6-14-26-15-19/h3-15H,16H2,1-2H3,(H,27,32)(H,28,31). The van der Waals surface area contributed by atoms with Crippen LogP contribution in [0, 0.1) is 6.92 Å². The van der Waals surface area contributed by atoms with Crippen LogP contribution in [0.15, 0.2) is 79.1 Å². The molecule has 0 fully saturated rings. The van der Waals surface area contributed by atoms with Crippen LogP contribution in [0.3, 0.4) is 0 Å². The number of pyridine rings is 1. The van der Waals surface area contributed by atoms with E-state index in [4.69, 9.17) is 0 Å². The molecule has 2 aromatic heterocycles. The number of benzene rings is 2. The highest BCUT2D eigenvalue weighted by atomic mass is 16.2. The van der Waals surface area contributed by atoms with Gasteiger partial charge in [0.05, 0.1) is 11.4 Å². The Kier molecular flexibility index (Phi) is 6.07. The van der Waals surface area contributed by atoms with Crippen molar-refractivity contribution >= 4 is 17.6 Å². The van der Waals surface area contributed by atoms with Crippen molar-refractivity contribution in [1.29, 1.82) is 0 Å². The van der Waals surface area contributed by atoms with E-state index in [-0.39, 0.29) is 11.8 Å². The van der Waals surface area contributed by atoms with Crippen LogP contribution in [-0.2, 0) is 11.3 Å². The summed E-state index contributed by atoms with van der Waals surface area (Å²) in [6.07, 6.45) is 3.41. The minimum atomic E-state index is -0.185. The summed E-state index contributed by atoms with van der Waals surface area (Å²) >= 11 is 0. The predicted octanol–water partition coefficient (Wildman–Crippen LogP) is 4.13. The Morgan fingerprint density at radius 3 is 2.38 bits per heavy atom. The van der Waals surface area contributed by atoms with Gasteiger partial charge in [-0.05, 0) is 48.4 Å². The smallest absolute Gasteiger partial charge is 0.251 e. The second kappa shape index (κ2) is 9.26. The number of nitrogens with zero attached hydrogens (tertiary/aromatic N) is 3. The molecule has 2 amide bonds. The van der Waals surface area contributed by atoms with Crippen molar-refractivity contribution in [3.05, 3.63) is 95.9 Å². The first-order chi connectivity index (χ1) is 15.5. The molecule has 7 heteroatoms. The normalized spacial score (nSPS) is 10.6. The molecule has 32 heavy (non-hydrogen) atoms. The largest absolute Gasteiger partial charge is 0.348 e. The molecule has 4 rings (SSSR count). The van der Waals surface area contributed by atoms with Gasteiger partial charge in [0.25, 0.3) is 5.91 Å². The fourth-order valence-electron chi connectivity index (χ4n) is 3.49. The zero-order valence-electron chi connectivity index (χ0n) is 17.9. The number of hydrogen-bond donors (Lipinski definition) is 2. The molecule has 2 aromatic carbocycles. The lowest BCUT2D eigenvalue weighted by Crippen LogP contribution is -2.22. The van der Waals surface area contributed by atoms with Crippen molar-refractivity contribution < 1.29 is 9.59 Å². The Balaban J connectivity index is 1.61. The van der Waals surface area contributed by atoms with Crippen molar-refractivity contribution in [3.8, 4) is 16.8 Å². The van der Waals surface area contributed by atoms with E-state index < -0.39 is 0 Å². The Bertz CT molecular complexity index is 1230. The monoisotopic (exact) mass is 425 g/mol. The molecule has 7 nitrogen and oxygen atoms in total. The van der Waals surface area contributed by atoms with Crippen LogP contribution in [0.2, 0.25) is 0 Å². The highest BCUT2D eigenvalue weighted by molar-refractivity contribution is 5.95. The van der Waals surface area contributed by atoms with E-state index >= 15 is 0 Å². The first-order valence-electron chi connectivity index (χ1n) is 10.2. The molecule has 0 saturated carbocycles. The maximum atomic E-state index is 12.5. The number of rotatable bonds is 6. The summed E-state index contributed by atoms with van der Waals surface area (Å²) in [5, 5.41) is 10.5. The maximum absolute atomic E-state index is 12.5. The van der Waals surface area contributed by atoms with E-state index in [0.717, 1.165) is 28.1 Å². The molecule has 0 aliphatic heterocycles. The third kappa shape index (κ3) is 4.57. The van der Waals surface area contributed by atoms with E-state index in [1.165, 1.54) is 6.92 Å². The number of hydrogen-bond acceptors (Lipinski definition) is 4. The number of carbonyl (C=O) groups is 2. The van der Waals surface area contributed by atoms with Crippen molar-refractivity contribution in [2.45, 2.75) is 20.4 Å². The van der Waals surface area contributed by atoms with Gasteiger partial charge in [0, 0.05) is 37.0 Å². The first kappa shape index (κ1) is 21.0. The fourth-order valence-corrected chi connectivity index (χ4v) is 3.49. The zero-order chi connectivity index (χ0) is 22.5. The van der Waals surface area contributed by atoms with E-state index in [1.807, 2.05) is 61.5 Å². The van der Waals surface area contributed by atoms with Crippen LogP contribution in [0.5, 0.6) is 0 Å². The molecule has 0 aliphatic rings. The summed E-state index contributed by atoms with van der Waals surface area (Å²) in [6.45, 7) is 3.78. The van der Waals surface area contributed by atoms with Crippen molar-refractivity contribution in [1.82, 2.24) is 20.1 Å². The molecule has 0 radical (unpaired) electrons. The summed E-state index contributed by atoms with van der Waals surface area (Å²) in [4.78, 5) is 28.5. The summed E-state index contributed by atoms with van der Waals surface area (Å²) in [7, 11) is 0. The Morgan fingerprint density at radius 1 is 0.969 bits per heavy atom. The maximum Gasteiger partial charge on any atom is 0.251 e. The number of carbonyl (C=O) groups excluding carboxylic acids is 2. The van der Waals surface area contributed by atoms with Gasteiger partial charge in [0.2, 0.25) is 5.91 Å². The highest BCUT2D eigenvalue weighted by Crippen LogP contribution is 2.33. The lowest BCUT2D eigenvalue weighted by atomic mass is 10.1. The van der Waals surface area contributed by atoms with Gasteiger partial charge in [-0.15, -0.1) is 0 Å². The minimum Gasteiger partial charge on any atom is -0.348 e. The van der Waals surface area contributed by atoms with Gasteiger partial charge in [-0.1, -0.05) is 36.4 Å². The second-order valence-corrected chi connectivity index (χ2v) is 7.36. The molecule has 0 saturated heterocycles. The molecule has 160 valence electrons. The number of anilines is 1. The van der Waals surface area contributed by atoms with Crippen molar-refractivity contribution in [3.63, 3.8) is 0 Å². The Morgan fingerprint density at radius 2 is 1.72 bits per heavy atom. The molecular weight excluding hydrogens is 402 g/mol. The average molecular weight is 425 g/mol. The van der Waals surface area contributed by atoms with Gasteiger partial charge in [-0.25, -0.2) is 4.68 Å². The van der Waals surface area contributed by atoms with E-state index in [2.05, 4.69) is 20.7 Å². The average Bonchev–Trinajstić information content (AvgIpc) is 3.13.